The third-order valence-corrected chi connectivity index (χ3v) is 3.60. The largest absolute Gasteiger partial charge is 0.484 e. The monoisotopic (exact) mass is 397 g/mol. The molecule has 3 rings (SSSR count). The van der Waals surface area contributed by atoms with Crippen LogP contribution in [0.1, 0.15) is 5.56 Å². The van der Waals surface area contributed by atoms with Crippen molar-refractivity contribution in [1.29, 1.82) is 0 Å². The van der Waals surface area contributed by atoms with E-state index in [-0.39, 0.29) is 5.02 Å². The minimum Gasteiger partial charge on any atom is -0.484 e. The van der Waals surface area contributed by atoms with Crippen molar-refractivity contribution in [3.63, 3.8) is 0 Å². The fraction of sp³-hybridized carbons (Fsp3) is 0.125. The number of aromatic nitrogens is 4. The van der Waals surface area contributed by atoms with Crippen molar-refractivity contribution in [3.05, 3.63) is 59.4 Å². The van der Waals surface area contributed by atoms with E-state index in [9.17, 15) is 18.0 Å². The van der Waals surface area contributed by atoms with Crippen LogP contribution in [0.3, 0.4) is 0 Å². The standard InChI is InChI=1S/C16H11ClF3N5O2/c17-10-4-5-14(13(6-10)16(18,19)20)22-15(26)8-27-12-3-1-2-11(7-12)25-9-21-23-24-25/h1-7,9H,8H2,(H,22,26). The van der Waals surface area contributed by atoms with Gasteiger partial charge in [0.2, 0.25) is 0 Å². The van der Waals surface area contributed by atoms with E-state index < -0.39 is 29.9 Å². The molecule has 0 atom stereocenters. The summed E-state index contributed by atoms with van der Waals surface area (Å²) in [6, 6.07) is 9.62. The van der Waals surface area contributed by atoms with Gasteiger partial charge >= 0.3 is 6.18 Å². The van der Waals surface area contributed by atoms with Gasteiger partial charge in [-0.2, -0.15) is 13.2 Å². The first kappa shape index (κ1) is 18.6. The first-order chi connectivity index (χ1) is 12.8. The number of carbonyl (C=O) groups is 1. The minimum atomic E-state index is -4.66. The summed E-state index contributed by atoms with van der Waals surface area (Å²) in [7, 11) is 0. The molecule has 2 aromatic carbocycles. The zero-order chi connectivity index (χ0) is 19.4. The molecule has 1 N–H and O–H groups in total. The van der Waals surface area contributed by atoms with Crippen LogP contribution in [-0.2, 0) is 11.0 Å². The molecule has 0 saturated heterocycles. The van der Waals surface area contributed by atoms with Gasteiger partial charge in [-0.1, -0.05) is 17.7 Å². The average molecular weight is 398 g/mol. The topological polar surface area (TPSA) is 81.9 Å². The number of halogens is 4. The lowest BCUT2D eigenvalue weighted by atomic mass is 10.1. The van der Waals surface area contributed by atoms with E-state index in [0.717, 1.165) is 12.1 Å². The number of ether oxygens (including phenoxy) is 1. The lowest BCUT2D eigenvalue weighted by molar-refractivity contribution is -0.137. The summed E-state index contributed by atoms with van der Waals surface area (Å²) in [5.74, 6) is -0.430. The second-order valence-corrected chi connectivity index (χ2v) is 5.71. The van der Waals surface area contributed by atoms with Crippen molar-refractivity contribution in [2.45, 2.75) is 6.18 Å². The van der Waals surface area contributed by atoms with E-state index in [4.69, 9.17) is 16.3 Å². The Morgan fingerprint density at radius 2 is 2.04 bits per heavy atom. The Bertz CT molecular complexity index is 947. The normalized spacial score (nSPS) is 11.3. The Hall–Kier alpha value is -3.14. The highest BCUT2D eigenvalue weighted by Gasteiger charge is 2.34. The number of anilines is 1. The molecule has 0 radical (unpaired) electrons. The van der Waals surface area contributed by atoms with Crippen LogP contribution < -0.4 is 10.1 Å². The van der Waals surface area contributed by atoms with Crippen LogP contribution in [0.4, 0.5) is 18.9 Å². The van der Waals surface area contributed by atoms with Crippen molar-refractivity contribution in [2.75, 3.05) is 11.9 Å². The smallest absolute Gasteiger partial charge is 0.418 e. The van der Waals surface area contributed by atoms with Crippen molar-refractivity contribution in [1.82, 2.24) is 20.2 Å². The molecule has 0 aliphatic heterocycles. The number of carbonyl (C=O) groups excluding carboxylic acids is 1. The lowest BCUT2D eigenvalue weighted by Gasteiger charge is -2.14. The Morgan fingerprint density at radius 1 is 1.22 bits per heavy atom. The number of benzene rings is 2. The summed E-state index contributed by atoms with van der Waals surface area (Å²) < 4.78 is 45.9. The van der Waals surface area contributed by atoms with Gasteiger partial charge in [-0.05, 0) is 40.8 Å². The van der Waals surface area contributed by atoms with E-state index >= 15 is 0 Å². The predicted octanol–water partition coefficient (Wildman–Crippen LogP) is 3.35. The van der Waals surface area contributed by atoms with Crippen molar-refractivity contribution < 1.29 is 22.7 Å². The van der Waals surface area contributed by atoms with Gasteiger partial charge < -0.3 is 10.1 Å². The van der Waals surface area contributed by atoms with Crippen molar-refractivity contribution >= 4 is 23.2 Å². The molecule has 0 aliphatic carbocycles. The SMILES string of the molecule is O=C(COc1cccc(-n2cnnn2)c1)Nc1ccc(Cl)cc1C(F)(F)F. The number of hydrogen-bond acceptors (Lipinski definition) is 5. The number of tetrazole rings is 1. The second kappa shape index (κ2) is 7.62. The fourth-order valence-electron chi connectivity index (χ4n) is 2.19. The van der Waals surface area contributed by atoms with Crippen LogP contribution in [0, 0.1) is 0 Å². The summed E-state index contributed by atoms with van der Waals surface area (Å²) >= 11 is 5.60. The fourth-order valence-corrected chi connectivity index (χ4v) is 2.36. The molecule has 3 aromatic rings. The van der Waals surface area contributed by atoms with E-state index in [1.165, 1.54) is 17.1 Å². The maximum absolute atomic E-state index is 13.0. The molecule has 0 aliphatic rings. The Morgan fingerprint density at radius 3 is 2.74 bits per heavy atom. The van der Waals surface area contributed by atoms with Crippen LogP contribution in [-0.4, -0.2) is 32.7 Å². The summed E-state index contributed by atoms with van der Waals surface area (Å²) in [6.07, 6.45) is -3.28. The molecule has 1 heterocycles. The maximum Gasteiger partial charge on any atom is 0.418 e. The van der Waals surface area contributed by atoms with Crippen LogP contribution in [0.5, 0.6) is 5.75 Å². The van der Waals surface area contributed by atoms with Gasteiger partial charge in [0.15, 0.2) is 6.61 Å². The predicted molar refractivity (Wildman–Crippen MR) is 89.7 cm³/mol. The second-order valence-electron chi connectivity index (χ2n) is 5.28. The number of nitrogens with one attached hydrogen (secondary N) is 1. The van der Waals surface area contributed by atoms with Crippen LogP contribution in [0.2, 0.25) is 5.02 Å². The molecule has 0 fully saturated rings. The number of nitrogens with zero attached hydrogens (tertiary/aromatic N) is 4. The molecule has 0 bridgehead atoms. The molecule has 0 unspecified atom stereocenters. The van der Waals surface area contributed by atoms with Crippen LogP contribution in [0.25, 0.3) is 5.69 Å². The molecule has 27 heavy (non-hydrogen) atoms. The molecular formula is C16H11ClF3N5O2. The third kappa shape index (κ3) is 4.73. The highest BCUT2D eigenvalue weighted by atomic mass is 35.5. The summed E-state index contributed by atoms with van der Waals surface area (Å²) in [5.41, 5.74) is -0.845. The number of alkyl halides is 3. The number of rotatable bonds is 5. The van der Waals surface area contributed by atoms with Gasteiger partial charge in [0.05, 0.1) is 16.9 Å². The van der Waals surface area contributed by atoms with Gasteiger partial charge in [-0.25, -0.2) is 4.68 Å². The van der Waals surface area contributed by atoms with Gasteiger partial charge in [0, 0.05) is 11.1 Å². The van der Waals surface area contributed by atoms with E-state index in [2.05, 4.69) is 20.8 Å². The molecule has 140 valence electrons. The summed E-state index contributed by atoms with van der Waals surface area (Å²) in [4.78, 5) is 12.0. The molecule has 7 nitrogen and oxygen atoms in total. The zero-order valence-electron chi connectivity index (χ0n) is 13.4. The van der Waals surface area contributed by atoms with Gasteiger partial charge in [-0.3, -0.25) is 4.79 Å². The molecular weight excluding hydrogens is 387 g/mol. The molecule has 1 aromatic heterocycles. The molecule has 1 amide bonds. The van der Waals surface area contributed by atoms with Gasteiger partial charge in [0.1, 0.15) is 12.1 Å². The first-order valence-corrected chi connectivity index (χ1v) is 7.83. The van der Waals surface area contributed by atoms with E-state index in [1.54, 1.807) is 24.3 Å². The summed E-state index contributed by atoms with van der Waals surface area (Å²) in [5, 5.41) is 12.8. The highest BCUT2D eigenvalue weighted by molar-refractivity contribution is 6.30. The third-order valence-electron chi connectivity index (χ3n) is 3.36. The molecule has 0 spiro atoms. The van der Waals surface area contributed by atoms with Gasteiger partial charge in [0.25, 0.3) is 5.91 Å². The zero-order valence-corrected chi connectivity index (χ0v) is 14.2. The summed E-state index contributed by atoms with van der Waals surface area (Å²) in [6.45, 7) is -0.487. The van der Waals surface area contributed by atoms with E-state index in [1.807, 2.05) is 0 Å². The quantitative estimate of drug-likeness (QED) is 0.714. The Kier molecular flexibility index (Phi) is 5.26. The first-order valence-electron chi connectivity index (χ1n) is 7.46. The van der Waals surface area contributed by atoms with Crippen molar-refractivity contribution in [2.24, 2.45) is 0 Å². The van der Waals surface area contributed by atoms with Crippen molar-refractivity contribution in [3.8, 4) is 11.4 Å². The van der Waals surface area contributed by atoms with E-state index in [0.29, 0.717) is 11.4 Å². The molecule has 11 heteroatoms. The van der Waals surface area contributed by atoms with Crippen LogP contribution >= 0.6 is 11.6 Å². The van der Waals surface area contributed by atoms with Gasteiger partial charge in [-0.15, -0.1) is 5.10 Å². The van der Waals surface area contributed by atoms with Crippen LogP contribution in [0.15, 0.2) is 48.8 Å². The Labute approximate surface area is 155 Å². The number of hydrogen-bond donors (Lipinski definition) is 1. The molecule has 0 saturated carbocycles. The Balaban J connectivity index is 1.67. The minimum absolute atomic E-state index is 0.0870. The number of amides is 1. The lowest BCUT2D eigenvalue weighted by Crippen LogP contribution is -2.22. The average Bonchev–Trinajstić information content (AvgIpc) is 3.16. The maximum atomic E-state index is 13.0. The highest BCUT2D eigenvalue weighted by Crippen LogP contribution is 2.36.